The van der Waals surface area contributed by atoms with Gasteiger partial charge in [-0.3, -0.25) is 24.5 Å². The van der Waals surface area contributed by atoms with Crippen molar-refractivity contribution in [2.45, 2.75) is 38.4 Å². The largest absolute Gasteiger partial charge is 0.454 e. The molecule has 49 heavy (non-hydrogen) atoms. The number of benzene rings is 2. The fourth-order valence-electron chi connectivity index (χ4n) is 4.57. The van der Waals surface area contributed by atoms with E-state index in [1.807, 2.05) is 26.0 Å². The molecule has 0 bridgehead atoms. The molecule has 5 N–H and O–H groups in total. The van der Waals surface area contributed by atoms with Gasteiger partial charge < -0.3 is 26.0 Å². The van der Waals surface area contributed by atoms with Crippen molar-refractivity contribution in [1.29, 1.82) is 0 Å². The van der Waals surface area contributed by atoms with E-state index in [1.165, 1.54) is 4.68 Å². The minimum absolute atomic E-state index is 0.0125. The fourth-order valence-corrected chi connectivity index (χ4v) is 4.69. The maximum atomic E-state index is 12.9. The molecular weight excluding hydrogens is 667 g/mol. The number of halogens is 4. The zero-order chi connectivity index (χ0) is 35.2. The summed E-state index contributed by atoms with van der Waals surface area (Å²) in [5, 5.41) is 12.1. The molecule has 0 unspecified atom stereocenters. The number of nitrogens with zero attached hydrogens (tertiary/aromatic N) is 4. The molecule has 1 aliphatic rings. The molecule has 0 radical (unpaired) electrons. The quantitative estimate of drug-likeness (QED) is 0.124. The molecule has 4 aromatic rings. The maximum absolute atomic E-state index is 12.9. The fraction of sp³-hybridized carbons (Fsp3) is 0.312. The lowest BCUT2D eigenvalue weighted by atomic mass is 9.93. The van der Waals surface area contributed by atoms with Crippen LogP contribution in [0.2, 0.25) is 5.02 Å². The monoisotopic (exact) mass is 699 g/mol. The number of anilines is 3. The number of carbonyl (C=O) groups is 3. The van der Waals surface area contributed by atoms with Crippen molar-refractivity contribution in [3.05, 3.63) is 89.2 Å². The van der Waals surface area contributed by atoms with Crippen molar-refractivity contribution in [2.24, 2.45) is 5.41 Å². The second kappa shape index (κ2) is 14.4. The van der Waals surface area contributed by atoms with E-state index in [-0.39, 0.29) is 30.9 Å². The highest BCUT2D eigenvalue weighted by molar-refractivity contribution is 6.38. The number of ether oxygens (including phenoxy) is 1. The number of amides is 3. The second-order valence-corrected chi connectivity index (χ2v) is 12.6. The molecule has 0 saturated heterocycles. The van der Waals surface area contributed by atoms with Gasteiger partial charge in [0, 0.05) is 41.8 Å². The number of alkyl halides is 3. The number of aromatic nitrogens is 4. The lowest BCUT2D eigenvalue weighted by molar-refractivity contribution is -0.154. The number of hydrogen-bond donors (Lipinski definition) is 5. The van der Waals surface area contributed by atoms with Crippen molar-refractivity contribution >= 4 is 46.9 Å². The zero-order valence-electron chi connectivity index (χ0n) is 26.4. The van der Waals surface area contributed by atoms with Crippen molar-refractivity contribution < 1.29 is 32.3 Å². The third-order valence-corrected chi connectivity index (χ3v) is 7.63. The van der Waals surface area contributed by atoms with Gasteiger partial charge >= 0.3 is 24.0 Å². The van der Waals surface area contributed by atoms with Gasteiger partial charge in [-0.25, -0.2) is 0 Å². The summed E-state index contributed by atoms with van der Waals surface area (Å²) in [7, 11) is 0. The Morgan fingerprint density at radius 1 is 0.878 bits per heavy atom. The summed E-state index contributed by atoms with van der Waals surface area (Å²) < 4.78 is 44.9. The van der Waals surface area contributed by atoms with Gasteiger partial charge in [0.25, 0.3) is 5.91 Å². The number of carbonyl (C=O) groups excluding carboxylic acids is 3. The van der Waals surface area contributed by atoms with Crippen LogP contribution in [0.1, 0.15) is 42.6 Å². The maximum Gasteiger partial charge on any atom is 0.422 e. The summed E-state index contributed by atoms with van der Waals surface area (Å²) in [6.45, 7) is 2.34. The van der Waals surface area contributed by atoms with Crippen LogP contribution in [0, 0.1) is 5.41 Å². The molecule has 13 nitrogen and oxygen atoms in total. The summed E-state index contributed by atoms with van der Waals surface area (Å²) in [5.74, 6) is -2.10. The van der Waals surface area contributed by atoms with E-state index in [1.54, 1.807) is 60.9 Å². The van der Waals surface area contributed by atoms with Gasteiger partial charge in [0.15, 0.2) is 6.61 Å². The lowest BCUT2D eigenvalue weighted by Gasteiger charge is -2.25. The van der Waals surface area contributed by atoms with Gasteiger partial charge in [-0.2, -0.15) is 28.1 Å². The predicted octanol–water partition coefficient (Wildman–Crippen LogP) is 4.75. The molecule has 2 aromatic carbocycles. The van der Waals surface area contributed by atoms with Crippen LogP contribution in [0.25, 0.3) is 0 Å². The first-order valence-electron chi connectivity index (χ1n) is 15.1. The van der Waals surface area contributed by atoms with Gasteiger partial charge in [-0.15, -0.1) is 0 Å². The molecule has 258 valence electrons. The van der Waals surface area contributed by atoms with E-state index >= 15 is 0 Å². The normalized spacial score (nSPS) is 13.6. The first-order chi connectivity index (χ1) is 23.2. The van der Waals surface area contributed by atoms with Crippen LogP contribution in [0.3, 0.4) is 0 Å². The molecule has 0 spiro atoms. The molecule has 2 heterocycles. The van der Waals surface area contributed by atoms with Crippen LogP contribution in [0.5, 0.6) is 6.01 Å². The van der Waals surface area contributed by atoms with E-state index in [0.717, 1.165) is 18.4 Å². The highest BCUT2D eigenvalue weighted by Gasteiger charge is 2.45. The molecule has 1 aliphatic carbocycles. The third kappa shape index (κ3) is 10.1. The summed E-state index contributed by atoms with van der Waals surface area (Å²) in [6.07, 6.45) is 0.0327. The Balaban J connectivity index is 1.19. The third-order valence-electron chi connectivity index (χ3n) is 7.38. The highest BCUT2D eigenvalue weighted by Crippen LogP contribution is 2.48. The van der Waals surface area contributed by atoms with Gasteiger partial charge in [0.2, 0.25) is 11.9 Å². The summed E-state index contributed by atoms with van der Waals surface area (Å²) in [5.41, 5.74) is 2.98. The van der Waals surface area contributed by atoms with E-state index in [4.69, 9.17) is 16.3 Å². The molecular formula is C32H33ClF3N9O4. The van der Waals surface area contributed by atoms with Crippen LogP contribution in [0.15, 0.2) is 73.1 Å². The van der Waals surface area contributed by atoms with Crippen LogP contribution in [-0.4, -0.2) is 63.2 Å². The van der Waals surface area contributed by atoms with Crippen LogP contribution < -0.4 is 31.4 Å². The van der Waals surface area contributed by atoms with Gasteiger partial charge in [0.05, 0.1) is 5.54 Å². The van der Waals surface area contributed by atoms with Crippen LogP contribution in [-0.2, 0) is 15.1 Å². The molecule has 0 atom stereocenters. The Kier molecular flexibility index (Phi) is 10.3. The molecule has 1 fully saturated rings. The Labute approximate surface area is 284 Å². The standard InChI is InChI=1S/C32H33ClF3N9O4/c1-30(2,18-38-25(47)26(48)44-45-15-3-4-16-45)17-37-24(46)20-5-11-23(12-6-20)39-27-40-28(42-29(41-27)49-19-32(34,35)36)43-31(13-14-31)21-7-9-22(33)10-8-21/h3-12,15-16H,13-14,17-19H2,1-2H3,(H,37,46)(H,38,47)(H,44,48)(H2,39,40,41,42,43). The average Bonchev–Trinajstić information content (AvgIpc) is 3.64. The van der Waals surface area contributed by atoms with Crippen molar-refractivity contribution in [3.63, 3.8) is 0 Å². The first-order valence-corrected chi connectivity index (χ1v) is 15.4. The smallest absolute Gasteiger partial charge is 0.422 e. The molecule has 17 heteroatoms. The Hall–Kier alpha value is -5.38. The topological polar surface area (TPSA) is 164 Å². The van der Waals surface area contributed by atoms with E-state index in [0.29, 0.717) is 16.3 Å². The minimum atomic E-state index is -4.60. The van der Waals surface area contributed by atoms with Gasteiger partial charge in [-0.1, -0.05) is 37.6 Å². The van der Waals surface area contributed by atoms with Crippen molar-refractivity contribution in [3.8, 4) is 6.01 Å². The van der Waals surface area contributed by atoms with Crippen molar-refractivity contribution in [2.75, 3.05) is 35.8 Å². The molecule has 2 aromatic heterocycles. The van der Waals surface area contributed by atoms with Gasteiger partial charge in [-0.05, 0) is 72.4 Å². The van der Waals surface area contributed by atoms with Crippen LogP contribution >= 0.6 is 11.6 Å². The Bertz CT molecular complexity index is 1780. The molecule has 1 saturated carbocycles. The Morgan fingerprint density at radius 3 is 2.14 bits per heavy atom. The van der Waals surface area contributed by atoms with E-state index in [9.17, 15) is 27.6 Å². The van der Waals surface area contributed by atoms with Crippen LogP contribution in [0.4, 0.5) is 30.8 Å². The predicted molar refractivity (Wildman–Crippen MR) is 175 cm³/mol. The average molecular weight is 700 g/mol. The van der Waals surface area contributed by atoms with Gasteiger partial charge in [0.1, 0.15) is 0 Å². The molecule has 3 amide bonds. The Morgan fingerprint density at radius 2 is 1.51 bits per heavy atom. The number of hydrogen-bond acceptors (Lipinski definition) is 9. The molecule has 5 rings (SSSR count). The van der Waals surface area contributed by atoms with Crippen molar-refractivity contribution in [1.82, 2.24) is 30.3 Å². The summed E-state index contributed by atoms with van der Waals surface area (Å²) >= 11 is 6.02. The summed E-state index contributed by atoms with van der Waals surface area (Å²) in [4.78, 5) is 49.5. The SMILES string of the molecule is CC(C)(CNC(=O)C(=O)Nn1cccc1)CNC(=O)c1ccc(Nc2nc(NC3(c4ccc(Cl)cc4)CC3)nc(OCC(F)(F)F)n2)cc1. The molecule has 0 aliphatic heterocycles. The lowest BCUT2D eigenvalue weighted by Crippen LogP contribution is -2.45. The van der Waals surface area contributed by atoms with E-state index in [2.05, 4.69) is 41.6 Å². The number of rotatable bonds is 13. The first kappa shape index (κ1) is 34.9. The zero-order valence-corrected chi connectivity index (χ0v) is 27.2. The number of nitrogens with one attached hydrogen (secondary N) is 5. The highest BCUT2D eigenvalue weighted by atomic mass is 35.5. The van der Waals surface area contributed by atoms with E-state index < -0.39 is 41.6 Å². The summed E-state index contributed by atoms with van der Waals surface area (Å²) in [6, 6.07) is 16.3. The second-order valence-electron chi connectivity index (χ2n) is 12.1. The minimum Gasteiger partial charge on any atom is -0.454 e.